The zero-order valence-corrected chi connectivity index (χ0v) is 14.6. The Morgan fingerprint density at radius 3 is 2.39 bits per heavy atom. The molecule has 2 heterocycles. The number of benzene rings is 2. The molecule has 2 aliphatic rings. The summed E-state index contributed by atoms with van der Waals surface area (Å²) in [5.74, 6) is 4.25. The Morgan fingerprint density at radius 1 is 0.826 bits per heavy atom. The van der Waals surface area contributed by atoms with Gasteiger partial charge in [0.05, 0.1) is 4.58 Å². The first kappa shape index (κ1) is 15.3. The van der Waals surface area contributed by atoms with Gasteiger partial charge in [-0.05, 0) is 47.6 Å². The molecule has 1 atom stereocenters. The standard InChI is InChI=1S/C19H20O2S2/c1-2-6-14(7-3-1)18-13-20-17-12-15(8-9-16(17)21-18)19-22-10-4-5-11-23-19/h1-3,6-9,12,18-19H,4-5,10-11,13H2. The Labute approximate surface area is 146 Å². The van der Waals surface area contributed by atoms with Crippen LogP contribution in [0.1, 0.15) is 34.7 Å². The second kappa shape index (κ2) is 7.10. The van der Waals surface area contributed by atoms with Crippen LogP contribution < -0.4 is 9.47 Å². The van der Waals surface area contributed by atoms with Crippen LogP contribution in [0.2, 0.25) is 0 Å². The molecule has 0 spiro atoms. The minimum absolute atomic E-state index is 0.0174. The molecule has 2 aromatic carbocycles. The van der Waals surface area contributed by atoms with Crippen LogP contribution in [0, 0.1) is 0 Å². The van der Waals surface area contributed by atoms with Crippen LogP contribution in [0.15, 0.2) is 48.5 Å². The number of rotatable bonds is 2. The summed E-state index contributed by atoms with van der Waals surface area (Å²) < 4.78 is 12.7. The lowest BCUT2D eigenvalue weighted by Gasteiger charge is -2.27. The molecule has 1 saturated heterocycles. The minimum Gasteiger partial charge on any atom is -0.485 e. The maximum Gasteiger partial charge on any atom is 0.162 e. The van der Waals surface area contributed by atoms with Gasteiger partial charge in [-0.2, -0.15) is 0 Å². The fraction of sp³-hybridized carbons (Fsp3) is 0.368. The van der Waals surface area contributed by atoms with E-state index in [1.54, 1.807) is 0 Å². The smallest absolute Gasteiger partial charge is 0.162 e. The van der Waals surface area contributed by atoms with E-state index in [2.05, 4.69) is 53.9 Å². The first-order chi connectivity index (χ1) is 11.4. The van der Waals surface area contributed by atoms with Crippen molar-refractivity contribution in [3.63, 3.8) is 0 Å². The number of thioether (sulfide) groups is 2. The summed E-state index contributed by atoms with van der Waals surface area (Å²) in [6, 6.07) is 16.7. The SMILES string of the molecule is c1ccc(C2COc3cc(C4SCCCCS4)ccc3O2)cc1. The highest BCUT2D eigenvalue weighted by Gasteiger charge is 2.24. The molecule has 4 heteroatoms. The predicted octanol–water partition coefficient (Wildman–Crippen LogP) is 5.46. The lowest BCUT2D eigenvalue weighted by atomic mass is 10.1. The second-order valence-electron chi connectivity index (χ2n) is 5.81. The molecule has 2 nitrogen and oxygen atoms in total. The maximum absolute atomic E-state index is 6.15. The molecule has 2 aliphatic heterocycles. The van der Waals surface area contributed by atoms with E-state index in [4.69, 9.17) is 9.47 Å². The summed E-state index contributed by atoms with van der Waals surface area (Å²) >= 11 is 4.10. The molecule has 0 N–H and O–H groups in total. The molecule has 0 saturated carbocycles. The summed E-state index contributed by atoms with van der Waals surface area (Å²) in [5.41, 5.74) is 2.51. The number of fused-ring (bicyclic) bond motifs is 1. The van der Waals surface area contributed by atoms with Gasteiger partial charge in [0.2, 0.25) is 0 Å². The Bertz CT molecular complexity index is 652. The zero-order valence-electron chi connectivity index (χ0n) is 12.9. The van der Waals surface area contributed by atoms with Gasteiger partial charge in [-0.3, -0.25) is 0 Å². The topological polar surface area (TPSA) is 18.5 Å². The van der Waals surface area contributed by atoms with E-state index in [1.165, 1.54) is 29.9 Å². The van der Waals surface area contributed by atoms with Crippen molar-refractivity contribution in [3.8, 4) is 11.5 Å². The molecule has 0 aromatic heterocycles. The van der Waals surface area contributed by atoms with Gasteiger partial charge in [0.1, 0.15) is 6.61 Å². The van der Waals surface area contributed by atoms with E-state index in [1.807, 2.05) is 18.2 Å². The van der Waals surface area contributed by atoms with Crippen molar-refractivity contribution in [1.29, 1.82) is 0 Å². The van der Waals surface area contributed by atoms with Gasteiger partial charge >= 0.3 is 0 Å². The zero-order chi connectivity index (χ0) is 15.5. The van der Waals surface area contributed by atoms with Crippen molar-refractivity contribution in [2.75, 3.05) is 18.1 Å². The second-order valence-corrected chi connectivity index (χ2v) is 8.54. The third-order valence-electron chi connectivity index (χ3n) is 4.15. The highest BCUT2D eigenvalue weighted by Crippen LogP contribution is 2.46. The third kappa shape index (κ3) is 3.48. The highest BCUT2D eigenvalue weighted by atomic mass is 32.2. The van der Waals surface area contributed by atoms with Gasteiger partial charge in [-0.1, -0.05) is 36.4 Å². The number of hydrogen-bond acceptors (Lipinski definition) is 4. The molecule has 0 radical (unpaired) electrons. The molecule has 0 aliphatic carbocycles. The Morgan fingerprint density at radius 2 is 1.61 bits per heavy atom. The summed E-state index contributed by atoms with van der Waals surface area (Å²) in [6.07, 6.45) is 2.64. The molecule has 4 rings (SSSR count). The van der Waals surface area contributed by atoms with E-state index >= 15 is 0 Å². The van der Waals surface area contributed by atoms with E-state index < -0.39 is 0 Å². The van der Waals surface area contributed by atoms with Crippen LogP contribution in [-0.2, 0) is 0 Å². The first-order valence-corrected chi connectivity index (χ1v) is 10.2. The van der Waals surface area contributed by atoms with Gasteiger partial charge in [0, 0.05) is 0 Å². The monoisotopic (exact) mass is 344 g/mol. The van der Waals surface area contributed by atoms with Crippen molar-refractivity contribution < 1.29 is 9.47 Å². The Balaban J connectivity index is 1.52. The third-order valence-corrected chi connectivity index (χ3v) is 7.16. The maximum atomic E-state index is 6.15. The normalized spacial score (nSPS) is 21.7. The van der Waals surface area contributed by atoms with Gasteiger partial charge < -0.3 is 9.47 Å². The van der Waals surface area contributed by atoms with Crippen molar-refractivity contribution in [2.45, 2.75) is 23.5 Å². The van der Waals surface area contributed by atoms with E-state index in [0.717, 1.165) is 17.1 Å². The summed E-state index contributed by atoms with van der Waals surface area (Å²) in [4.78, 5) is 0. The largest absolute Gasteiger partial charge is 0.485 e. The van der Waals surface area contributed by atoms with Crippen molar-refractivity contribution in [1.82, 2.24) is 0 Å². The van der Waals surface area contributed by atoms with Crippen LogP contribution >= 0.6 is 23.5 Å². The Kier molecular flexibility index (Phi) is 4.72. The van der Waals surface area contributed by atoms with Gasteiger partial charge in [-0.15, -0.1) is 23.5 Å². The molecule has 120 valence electrons. The fourth-order valence-corrected chi connectivity index (χ4v) is 5.70. The predicted molar refractivity (Wildman–Crippen MR) is 98.6 cm³/mol. The number of hydrogen-bond donors (Lipinski definition) is 0. The van der Waals surface area contributed by atoms with Crippen molar-refractivity contribution in [2.24, 2.45) is 0 Å². The molecule has 1 unspecified atom stereocenters. The highest BCUT2D eigenvalue weighted by molar-refractivity contribution is 8.16. The van der Waals surface area contributed by atoms with Crippen molar-refractivity contribution in [3.05, 3.63) is 59.7 Å². The average Bonchev–Trinajstić information content (AvgIpc) is 2.91. The Hall–Kier alpha value is -1.26. The molecular formula is C19H20O2S2. The summed E-state index contributed by atoms with van der Waals surface area (Å²) in [7, 11) is 0. The van der Waals surface area contributed by atoms with Crippen LogP contribution in [0.4, 0.5) is 0 Å². The van der Waals surface area contributed by atoms with E-state index in [-0.39, 0.29) is 6.10 Å². The molecule has 0 bridgehead atoms. The van der Waals surface area contributed by atoms with Crippen molar-refractivity contribution >= 4 is 23.5 Å². The summed E-state index contributed by atoms with van der Waals surface area (Å²) in [6.45, 7) is 0.575. The average molecular weight is 345 g/mol. The molecule has 2 aromatic rings. The minimum atomic E-state index is -0.0174. The van der Waals surface area contributed by atoms with Crippen LogP contribution in [0.3, 0.4) is 0 Å². The van der Waals surface area contributed by atoms with Crippen LogP contribution in [-0.4, -0.2) is 18.1 Å². The quantitative estimate of drug-likeness (QED) is 0.720. The molecule has 23 heavy (non-hydrogen) atoms. The number of ether oxygens (including phenoxy) is 2. The van der Waals surface area contributed by atoms with Gasteiger partial charge in [0.25, 0.3) is 0 Å². The van der Waals surface area contributed by atoms with Crippen LogP contribution in [0.25, 0.3) is 0 Å². The molecular weight excluding hydrogens is 324 g/mol. The van der Waals surface area contributed by atoms with Crippen LogP contribution in [0.5, 0.6) is 11.5 Å². The lowest BCUT2D eigenvalue weighted by molar-refractivity contribution is 0.0912. The van der Waals surface area contributed by atoms with Gasteiger partial charge in [0.15, 0.2) is 17.6 Å². The van der Waals surface area contributed by atoms with E-state index in [9.17, 15) is 0 Å². The van der Waals surface area contributed by atoms with E-state index in [0.29, 0.717) is 11.2 Å². The summed E-state index contributed by atoms with van der Waals surface area (Å²) in [5, 5.41) is 0. The van der Waals surface area contributed by atoms with Gasteiger partial charge in [-0.25, -0.2) is 0 Å². The molecule has 1 fully saturated rings. The molecule has 0 amide bonds. The lowest BCUT2D eigenvalue weighted by Crippen LogP contribution is -2.21. The fourth-order valence-electron chi connectivity index (χ4n) is 2.89. The first-order valence-electron chi connectivity index (χ1n) is 8.12.